The van der Waals surface area contributed by atoms with Crippen molar-refractivity contribution in [3.05, 3.63) is 102 Å². The zero-order chi connectivity index (χ0) is 22.4. The van der Waals surface area contributed by atoms with Crippen molar-refractivity contribution in [1.82, 2.24) is 0 Å². The third kappa shape index (κ3) is 3.32. The summed E-state index contributed by atoms with van der Waals surface area (Å²) in [6.45, 7) is 0. The Balaban J connectivity index is 1.62. The molecule has 1 unspecified atom stereocenters. The standard InChI is InChI=1S/C30H24O3/c31-30(32)29(33-27-15-7-11-19-8-1-5-13-23(19)27)26-18-21-10-3-4-12-22(21)25-17-16-20-9-2-6-14-24(20)28(25)26/h1,3-5,7-8,10-13,15-18,29H,2,6,9,14H2,(H,31,32). The molecule has 0 heterocycles. The van der Waals surface area contributed by atoms with E-state index < -0.39 is 12.1 Å². The predicted octanol–water partition coefficient (Wildman–Crippen LogP) is 7.23. The number of hydrogen-bond acceptors (Lipinski definition) is 2. The topological polar surface area (TPSA) is 46.5 Å². The minimum atomic E-state index is -1.10. The first kappa shape index (κ1) is 19.8. The van der Waals surface area contributed by atoms with Gasteiger partial charge in [0.15, 0.2) is 0 Å². The Labute approximate surface area is 192 Å². The van der Waals surface area contributed by atoms with E-state index in [1.165, 1.54) is 17.5 Å². The molecule has 5 aromatic rings. The quantitative estimate of drug-likeness (QED) is 0.305. The van der Waals surface area contributed by atoms with E-state index in [1.807, 2.05) is 60.7 Å². The fourth-order valence-electron chi connectivity index (χ4n) is 5.37. The number of benzene rings is 5. The molecule has 1 aliphatic rings. The van der Waals surface area contributed by atoms with Gasteiger partial charge in [0.05, 0.1) is 0 Å². The van der Waals surface area contributed by atoms with Crippen LogP contribution in [0.15, 0.2) is 84.9 Å². The molecule has 0 saturated heterocycles. The Hall–Kier alpha value is -3.85. The molecule has 3 nitrogen and oxygen atoms in total. The van der Waals surface area contributed by atoms with Gasteiger partial charge in [-0.1, -0.05) is 72.8 Å². The second kappa shape index (κ2) is 7.93. The van der Waals surface area contributed by atoms with E-state index in [0.29, 0.717) is 5.75 Å². The zero-order valence-electron chi connectivity index (χ0n) is 18.3. The first-order valence-electron chi connectivity index (χ1n) is 11.5. The van der Waals surface area contributed by atoms with Gasteiger partial charge in [-0.25, -0.2) is 4.79 Å². The van der Waals surface area contributed by atoms with Gasteiger partial charge in [0, 0.05) is 10.9 Å². The van der Waals surface area contributed by atoms with E-state index >= 15 is 0 Å². The molecule has 0 spiro atoms. The van der Waals surface area contributed by atoms with Gasteiger partial charge in [-0.2, -0.15) is 0 Å². The lowest BCUT2D eigenvalue weighted by Gasteiger charge is -2.24. The average Bonchev–Trinajstić information content (AvgIpc) is 2.86. The van der Waals surface area contributed by atoms with Gasteiger partial charge >= 0.3 is 5.97 Å². The number of rotatable bonds is 4. The van der Waals surface area contributed by atoms with Gasteiger partial charge in [-0.15, -0.1) is 0 Å². The smallest absolute Gasteiger partial charge is 0.349 e. The van der Waals surface area contributed by atoms with E-state index in [4.69, 9.17) is 4.74 Å². The molecule has 1 aliphatic carbocycles. The van der Waals surface area contributed by atoms with Gasteiger partial charge in [-0.3, -0.25) is 0 Å². The minimum absolute atomic E-state index is 0.589. The molecule has 0 amide bonds. The SMILES string of the molecule is O=C(O)C(Oc1cccc2ccccc12)c1cc2ccccc2c2ccc3c(c12)CCCC3. The first-order valence-corrected chi connectivity index (χ1v) is 11.5. The van der Waals surface area contributed by atoms with Crippen LogP contribution in [0.1, 0.15) is 35.6 Å². The summed E-state index contributed by atoms with van der Waals surface area (Å²) in [6.07, 6.45) is 3.21. The Kier molecular flexibility index (Phi) is 4.76. The van der Waals surface area contributed by atoms with Gasteiger partial charge in [0.1, 0.15) is 5.75 Å². The Morgan fingerprint density at radius 2 is 1.48 bits per heavy atom. The van der Waals surface area contributed by atoms with Crippen molar-refractivity contribution in [2.24, 2.45) is 0 Å². The van der Waals surface area contributed by atoms with Crippen LogP contribution in [0.5, 0.6) is 5.75 Å². The van der Waals surface area contributed by atoms with E-state index in [9.17, 15) is 9.90 Å². The van der Waals surface area contributed by atoms with Crippen LogP contribution >= 0.6 is 0 Å². The monoisotopic (exact) mass is 432 g/mol. The lowest BCUT2D eigenvalue weighted by molar-refractivity contribution is -0.145. The van der Waals surface area contributed by atoms with Crippen LogP contribution in [-0.4, -0.2) is 11.1 Å². The van der Waals surface area contributed by atoms with Crippen molar-refractivity contribution in [3.63, 3.8) is 0 Å². The third-order valence-electron chi connectivity index (χ3n) is 6.88. The summed E-state index contributed by atoms with van der Waals surface area (Å²) in [5.74, 6) is -0.389. The average molecular weight is 433 g/mol. The van der Waals surface area contributed by atoms with Gasteiger partial charge in [0.2, 0.25) is 6.10 Å². The van der Waals surface area contributed by atoms with E-state index in [-0.39, 0.29) is 0 Å². The molecule has 5 aromatic carbocycles. The van der Waals surface area contributed by atoms with Crippen molar-refractivity contribution in [3.8, 4) is 5.75 Å². The van der Waals surface area contributed by atoms with Crippen molar-refractivity contribution in [2.75, 3.05) is 0 Å². The van der Waals surface area contributed by atoms with Crippen LogP contribution in [0.3, 0.4) is 0 Å². The molecule has 0 aliphatic heterocycles. The molecular formula is C30H24O3. The van der Waals surface area contributed by atoms with Crippen LogP contribution in [0, 0.1) is 0 Å². The van der Waals surface area contributed by atoms with E-state index in [0.717, 1.165) is 57.1 Å². The highest BCUT2D eigenvalue weighted by Gasteiger charge is 2.28. The molecular weight excluding hydrogens is 408 g/mol. The highest BCUT2D eigenvalue weighted by atomic mass is 16.5. The Morgan fingerprint density at radius 3 is 2.33 bits per heavy atom. The summed E-state index contributed by atoms with van der Waals surface area (Å²) < 4.78 is 6.32. The summed E-state index contributed by atoms with van der Waals surface area (Å²) in [7, 11) is 0. The largest absolute Gasteiger partial charge is 0.478 e. The molecule has 0 radical (unpaired) electrons. The van der Waals surface area contributed by atoms with Crippen molar-refractivity contribution >= 4 is 38.3 Å². The van der Waals surface area contributed by atoms with E-state index in [1.54, 1.807) is 0 Å². The summed E-state index contributed by atoms with van der Waals surface area (Å²) in [5.41, 5.74) is 3.36. The first-order chi connectivity index (χ1) is 16.2. The number of aryl methyl sites for hydroxylation is 2. The minimum Gasteiger partial charge on any atom is -0.478 e. The van der Waals surface area contributed by atoms with Crippen LogP contribution in [0.25, 0.3) is 32.3 Å². The number of carboxylic acid groups (broad SMARTS) is 1. The molecule has 0 bridgehead atoms. The van der Waals surface area contributed by atoms with E-state index in [2.05, 4.69) is 24.3 Å². The van der Waals surface area contributed by atoms with Crippen molar-refractivity contribution in [1.29, 1.82) is 0 Å². The van der Waals surface area contributed by atoms with Crippen molar-refractivity contribution in [2.45, 2.75) is 31.8 Å². The van der Waals surface area contributed by atoms with Crippen LogP contribution < -0.4 is 4.74 Å². The molecule has 0 fully saturated rings. The number of carbonyl (C=O) groups is 1. The summed E-state index contributed by atoms with van der Waals surface area (Å²) in [5, 5.41) is 16.7. The highest BCUT2D eigenvalue weighted by Crippen LogP contribution is 2.40. The van der Waals surface area contributed by atoms with Gasteiger partial charge in [0.25, 0.3) is 0 Å². The van der Waals surface area contributed by atoms with Crippen molar-refractivity contribution < 1.29 is 14.6 Å². The number of aliphatic carboxylic acids is 1. The van der Waals surface area contributed by atoms with Crippen LogP contribution in [-0.2, 0) is 17.6 Å². The second-order valence-electron chi connectivity index (χ2n) is 8.83. The fraction of sp³-hybridized carbons (Fsp3) is 0.167. The highest BCUT2D eigenvalue weighted by molar-refractivity contribution is 6.11. The molecule has 3 heteroatoms. The summed E-state index contributed by atoms with van der Waals surface area (Å²) in [4.78, 5) is 12.7. The molecule has 1 atom stereocenters. The lowest BCUT2D eigenvalue weighted by Crippen LogP contribution is -2.19. The second-order valence-corrected chi connectivity index (χ2v) is 8.83. The Morgan fingerprint density at radius 1 is 0.758 bits per heavy atom. The number of ether oxygens (including phenoxy) is 1. The van der Waals surface area contributed by atoms with Gasteiger partial charge < -0.3 is 9.84 Å². The molecule has 0 saturated carbocycles. The third-order valence-corrected chi connectivity index (χ3v) is 6.88. The number of carboxylic acids is 1. The Bertz CT molecular complexity index is 1530. The summed E-state index contributed by atoms with van der Waals surface area (Å²) >= 11 is 0. The molecule has 1 N–H and O–H groups in total. The predicted molar refractivity (Wildman–Crippen MR) is 133 cm³/mol. The van der Waals surface area contributed by atoms with Crippen LogP contribution in [0.2, 0.25) is 0 Å². The summed E-state index contributed by atoms with van der Waals surface area (Å²) in [6, 6.07) is 28.3. The number of hydrogen-bond donors (Lipinski definition) is 1. The molecule has 6 rings (SSSR count). The maximum Gasteiger partial charge on any atom is 0.349 e. The molecule has 0 aromatic heterocycles. The lowest BCUT2D eigenvalue weighted by atomic mass is 9.83. The fourth-order valence-corrected chi connectivity index (χ4v) is 5.37. The molecule has 162 valence electrons. The normalized spacial score (nSPS) is 14.3. The number of fused-ring (bicyclic) bond motifs is 6. The zero-order valence-corrected chi connectivity index (χ0v) is 18.3. The van der Waals surface area contributed by atoms with Gasteiger partial charge in [-0.05, 0) is 75.9 Å². The maximum atomic E-state index is 12.7. The maximum absolute atomic E-state index is 12.7. The van der Waals surface area contributed by atoms with Crippen LogP contribution in [0.4, 0.5) is 0 Å². The molecule has 33 heavy (non-hydrogen) atoms.